The van der Waals surface area contributed by atoms with E-state index >= 15 is 0 Å². The highest BCUT2D eigenvalue weighted by molar-refractivity contribution is 6.02. The minimum Gasteiger partial charge on any atom is -0.497 e. The van der Waals surface area contributed by atoms with Crippen molar-refractivity contribution in [1.82, 2.24) is 19.1 Å². The van der Waals surface area contributed by atoms with Gasteiger partial charge in [-0.05, 0) is 49.4 Å². The van der Waals surface area contributed by atoms with Gasteiger partial charge in [0.05, 0.1) is 25.5 Å². The lowest BCUT2D eigenvalue weighted by atomic mass is 10.1. The number of aromatic nitrogens is 4. The van der Waals surface area contributed by atoms with Gasteiger partial charge in [-0.25, -0.2) is 23.7 Å². The Morgan fingerprint density at radius 1 is 1.09 bits per heavy atom. The van der Waals surface area contributed by atoms with Crippen LogP contribution in [0.25, 0.3) is 28.2 Å². The van der Waals surface area contributed by atoms with Crippen molar-refractivity contribution >= 4 is 17.1 Å². The molecule has 1 amide bonds. The van der Waals surface area contributed by atoms with E-state index in [9.17, 15) is 14.0 Å². The number of rotatable bonds is 6. The van der Waals surface area contributed by atoms with E-state index in [0.717, 1.165) is 0 Å². The van der Waals surface area contributed by atoms with Gasteiger partial charge in [-0.2, -0.15) is 0 Å². The number of ether oxygens (including phenoxy) is 2. The quantitative estimate of drug-likeness (QED) is 0.496. The summed E-state index contributed by atoms with van der Waals surface area (Å²) < 4.78 is 26.9. The zero-order valence-electron chi connectivity index (χ0n) is 17.6. The topological polar surface area (TPSA) is 114 Å². The predicted molar refractivity (Wildman–Crippen MR) is 116 cm³/mol. The van der Waals surface area contributed by atoms with Gasteiger partial charge in [0.25, 0.3) is 5.91 Å². The van der Waals surface area contributed by atoms with Crippen LogP contribution in [0.3, 0.4) is 0 Å². The number of hydrogen-bond acceptors (Lipinski definition) is 6. The summed E-state index contributed by atoms with van der Waals surface area (Å²) in [5, 5.41) is 0. The van der Waals surface area contributed by atoms with Crippen molar-refractivity contribution in [2.24, 2.45) is 5.73 Å². The number of aryl methyl sites for hydroxylation is 1. The van der Waals surface area contributed by atoms with E-state index in [1.807, 2.05) is 0 Å². The Balaban J connectivity index is 2.13. The minimum atomic E-state index is -0.820. The maximum absolute atomic E-state index is 13.5. The van der Waals surface area contributed by atoms with E-state index in [0.29, 0.717) is 22.7 Å². The smallest absolute Gasteiger partial charge is 0.335 e. The molecule has 4 aromatic rings. The van der Waals surface area contributed by atoms with Crippen LogP contribution in [0.4, 0.5) is 4.39 Å². The Labute approximate surface area is 181 Å². The van der Waals surface area contributed by atoms with E-state index in [-0.39, 0.29) is 29.2 Å². The lowest BCUT2D eigenvalue weighted by Crippen LogP contribution is -2.23. The van der Waals surface area contributed by atoms with Gasteiger partial charge in [-0.15, -0.1) is 0 Å². The molecule has 0 atom stereocenters. The van der Waals surface area contributed by atoms with Crippen molar-refractivity contribution in [2.75, 3.05) is 14.2 Å². The number of benzene rings is 2. The number of methoxy groups -OCH3 is 2. The number of nitrogens with two attached hydrogens (primary N) is 1. The molecule has 0 spiro atoms. The SMILES string of the molecule is CCn1c(=O)n(-c2ccc(F)cc2)c2nc(-c3cc(OC)ccc3OC)nc(C(N)=O)c21. The lowest BCUT2D eigenvalue weighted by molar-refractivity contribution is 0.0997. The van der Waals surface area contributed by atoms with Crippen LogP contribution in [0.15, 0.2) is 47.3 Å². The van der Waals surface area contributed by atoms with Crippen LogP contribution in [0.1, 0.15) is 17.4 Å². The molecule has 0 bridgehead atoms. The minimum absolute atomic E-state index is 0.116. The first kappa shape index (κ1) is 21.0. The maximum atomic E-state index is 13.5. The average Bonchev–Trinajstić information content (AvgIpc) is 3.09. The molecule has 0 aliphatic carbocycles. The Kier molecular flexibility index (Phi) is 5.35. The molecule has 0 radical (unpaired) electrons. The molecule has 2 heterocycles. The van der Waals surface area contributed by atoms with Crippen LogP contribution >= 0.6 is 0 Å². The van der Waals surface area contributed by atoms with Gasteiger partial charge in [-0.1, -0.05) is 0 Å². The molecule has 0 aliphatic heterocycles. The van der Waals surface area contributed by atoms with E-state index in [4.69, 9.17) is 15.2 Å². The standard InChI is InChI=1S/C22H20FN5O4/c1-4-27-18-17(19(24)29)25-20(15-11-14(31-2)9-10-16(15)32-3)26-21(18)28(22(27)30)13-7-5-12(23)6-8-13/h5-11H,4H2,1-3H3,(H2,24,29). The Morgan fingerprint density at radius 3 is 2.41 bits per heavy atom. The Bertz CT molecular complexity index is 1390. The second-order valence-electron chi connectivity index (χ2n) is 6.84. The van der Waals surface area contributed by atoms with Crippen LogP contribution in [-0.4, -0.2) is 39.2 Å². The second kappa shape index (κ2) is 8.14. The van der Waals surface area contributed by atoms with Gasteiger partial charge in [0.1, 0.15) is 22.8 Å². The van der Waals surface area contributed by atoms with Gasteiger partial charge in [0.15, 0.2) is 17.2 Å². The molecule has 0 saturated carbocycles. The molecule has 0 saturated heterocycles. The highest BCUT2D eigenvalue weighted by Gasteiger charge is 2.24. The summed E-state index contributed by atoms with van der Waals surface area (Å²) in [6, 6.07) is 10.4. The van der Waals surface area contributed by atoms with Gasteiger partial charge in [0, 0.05) is 6.54 Å². The highest BCUT2D eigenvalue weighted by atomic mass is 19.1. The summed E-state index contributed by atoms with van der Waals surface area (Å²) in [7, 11) is 3.00. The van der Waals surface area contributed by atoms with Crippen LogP contribution in [0.5, 0.6) is 11.5 Å². The van der Waals surface area contributed by atoms with Crippen molar-refractivity contribution < 1.29 is 18.7 Å². The van der Waals surface area contributed by atoms with Gasteiger partial charge >= 0.3 is 5.69 Å². The molecule has 0 aliphatic rings. The van der Waals surface area contributed by atoms with E-state index in [1.165, 1.54) is 47.6 Å². The summed E-state index contributed by atoms with van der Waals surface area (Å²) in [5.74, 6) is -0.196. The summed E-state index contributed by atoms with van der Waals surface area (Å²) in [4.78, 5) is 34.5. The van der Waals surface area contributed by atoms with Gasteiger partial charge < -0.3 is 15.2 Å². The van der Waals surface area contributed by atoms with Crippen LogP contribution in [0, 0.1) is 5.82 Å². The van der Waals surface area contributed by atoms with Gasteiger partial charge in [-0.3, -0.25) is 9.36 Å². The average molecular weight is 437 g/mol. The number of nitrogens with zero attached hydrogens (tertiary/aromatic N) is 4. The van der Waals surface area contributed by atoms with Crippen LogP contribution < -0.4 is 20.9 Å². The molecule has 0 fully saturated rings. The molecular formula is C22H20FN5O4. The fraction of sp³-hybridized carbons (Fsp3) is 0.182. The molecule has 10 heteroatoms. The first-order valence-corrected chi connectivity index (χ1v) is 9.71. The number of fused-ring (bicyclic) bond motifs is 1. The van der Waals surface area contributed by atoms with Crippen LogP contribution in [-0.2, 0) is 6.54 Å². The number of imidazole rings is 1. The van der Waals surface area contributed by atoms with Crippen molar-refractivity contribution in [3.8, 4) is 28.6 Å². The predicted octanol–water partition coefficient (Wildman–Crippen LogP) is 2.52. The van der Waals surface area contributed by atoms with Crippen molar-refractivity contribution in [3.63, 3.8) is 0 Å². The Hall–Kier alpha value is -4.21. The number of primary amides is 1. The zero-order chi connectivity index (χ0) is 23.0. The van der Waals surface area contributed by atoms with Gasteiger partial charge in [0.2, 0.25) is 0 Å². The number of hydrogen-bond donors (Lipinski definition) is 1. The van der Waals surface area contributed by atoms with Crippen molar-refractivity contribution in [2.45, 2.75) is 13.5 Å². The molecule has 2 N–H and O–H groups in total. The summed E-state index contributed by atoms with van der Waals surface area (Å²) in [5.41, 5.74) is 6.24. The molecule has 164 valence electrons. The molecule has 0 unspecified atom stereocenters. The molecular weight excluding hydrogens is 417 g/mol. The number of amides is 1. The molecule has 4 rings (SSSR count). The maximum Gasteiger partial charge on any atom is 0.335 e. The molecule has 9 nitrogen and oxygen atoms in total. The number of carbonyl (C=O) groups is 1. The highest BCUT2D eigenvalue weighted by Crippen LogP contribution is 2.33. The fourth-order valence-corrected chi connectivity index (χ4v) is 3.55. The first-order chi connectivity index (χ1) is 15.4. The van der Waals surface area contributed by atoms with Crippen molar-refractivity contribution in [1.29, 1.82) is 0 Å². The summed E-state index contributed by atoms with van der Waals surface area (Å²) in [6.45, 7) is 1.99. The first-order valence-electron chi connectivity index (χ1n) is 9.71. The fourth-order valence-electron chi connectivity index (χ4n) is 3.55. The number of carbonyl (C=O) groups excluding carboxylic acids is 1. The largest absolute Gasteiger partial charge is 0.497 e. The van der Waals surface area contributed by atoms with Crippen molar-refractivity contribution in [3.05, 3.63) is 64.5 Å². The molecule has 2 aromatic heterocycles. The van der Waals surface area contributed by atoms with E-state index in [1.54, 1.807) is 25.1 Å². The zero-order valence-corrected chi connectivity index (χ0v) is 17.6. The normalized spacial score (nSPS) is 11.0. The van der Waals surface area contributed by atoms with E-state index < -0.39 is 17.4 Å². The molecule has 2 aromatic carbocycles. The van der Waals surface area contributed by atoms with E-state index in [2.05, 4.69) is 9.97 Å². The third kappa shape index (κ3) is 3.35. The molecule has 32 heavy (non-hydrogen) atoms. The lowest BCUT2D eigenvalue weighted by Gasteiger charge is -2.11. The monoisotopic (exact) mass is 437 g/mol. The third-order valence-electron chi connectivity index (χ3n) is 5.05. The number of halogens is 1. The third-order valence-corrected chi connectivity index (χ3v) is 5.05. The summed E-state index contributed by atoms with van der Waals surface area (Å²) >= 11 is 0. The second-order valence-corrected chi connectivity index (χ2v) is 6.84. The Morgan fingerprint density at radius 2 is 1.81 bits per heavy atom. The van der Waals surface area contributed by atoms with Crippen LogP contribution in [0.2, 0.25) is 0 Å². The summed E-state index contributed by atoms with van der Waals surface area (Å²) in [6.07, 6.45) is 0.